The van der Waals surface area contributed by atoms with Gasteiger partial charge in [0.25, 0.3) is 0 Å². The lowest BCUT2D eigenvalue weighted by atomic mass is 10.0. The third-order valence-electron chi connectivity index (χ3n) is 3.06. The molecule has 0 saturated heterocycles. The molecule has 3 heteroatoms. The van der Waals surface area contributed by atoms with Gasteiger partial charge in [-0.1, -0.05) is 47.4 Å². The van der Waals surface area contributed by atoms with Crippen molar-refractivity contribution in [2.45, 2.75) is 38.6 Å². The van der Waals surface area contributed by atoms with E-state index < -0.39 is 0 Å². The van der Waals surface area contributed by atoms with Crippen LogP contribution in [0, 0.1) is 5.92 Å². The molecule has 1 unspecified atom stereocenters. The zero-order valence-corrected chi connectivity index (χ0v) is 13.3. The Labute approximate surface area is 118 Å². The van der Waals surface area contributed by atoms with Crippen LogP contribution in [0.1, 0.15) is 32.8 Å². The van der Waals surface area contributed by atoms with Crippen molar-refractivity contribution in [2.75, 3.05) is 11.9 Å². The minimum absolute atomic E-state index is 0.529. The smallest absolute Gasteiger partial charge is 0.0467 e. The summed E-state index contributed by atoms with van der Waals surface area (Å²) in [6.45, 7) is 6.77. The maximum absolute atomic E-state index is 6.23. The summed E-state index contributed by atoms with van der Waals surface area (Å²) in [6.07, 6.45) is 1.19. The van der Waals surface area contributed by atoms with Crippen LogP contribution in [-0.2, 0) is 5.33 Å². The molecule has 17 heavy (non-hydrogen) atoms. The minimum atomic E-state index is 0.529. The van der Waals surface area contributed by atoms with Crippen molar-refractivity contribution >= 4 is 33.2 Å². The van der Waals surface area contributed by atoms with Crippen LogP contribution in [0.2, 0.25) is 5.02 Å². The van der Waals surface area contributed by atoms with E-state index in [4.69, 9.17) is 11.6 Å². The highest BCUT2D eigenvalue weighted by molar-refractivity contribution is 9.08. The molecule has 0 N–H and O–H groups in total. The van der Waals surface area contributed by atoms with E-state index in [1.807, 2.05) is 0 Å². The van der Waals surface area contributed by atoms with E-state index in [1.54, 1.807) is 0 Å². The molecule has 0 aliphatic rings. The van der Waals surface area contributed by atoms with Crippen molar-refractivity contribution in [3.8, 4) is 0 Å². The molecule has 0 bridgehead atoms. The van der Waals surface area contributed by atoms with Gasteiger partial charge in [0, 0.05) is 29.1 Å². The third kappa shape index (κ3) is 4.18. The lowest BCUT2D eigenvalue weighted by Gasteiger charge is -2.28. The van der Waals surface area contributed by atoms with Gasteiger partial charge < -0.3 is 4.90 Å². The number of nitrogens with zero attached hydrogens (tertiary/aromatic N) is 1. The van der Waals surface area contributed by atoms with Crippen LogP contribution in [-0.4, -0.2) is 13.1 Å². The molecule has 0 fully saturated rings. The Morgan fingerprint density at radius 2 is 1.94 bits per heavy atom. The Hall–Kier alpha value is -0.210. The van der Waals surface area contributed by atoms with E-state index >= 15 is 0 Å². The van der Waals surface area contributed by atoms with Gasteiger partial charge in [-0.15, -0.1) is 0 Å². The van der Waals surface area contributed by atoms with Gasteiger partial charge in [-0.3, -0.25) is 0 Å². The van der Waals surface area contributed by atoms with Crippen LogP contribution in [0.4, 0.5) is 5.69 Å². The Balaban J connectivity index is 2.82. The molecule has 0 amide bonds. The molecule has 0 saturated carbocycles. The first kappa shape index (κ1) is 14.8. The van der Waals surface area contributed by atoms with Crippen LogP contribution in [0.5, 0.6) is 0 Å². The predicted octanol–water partition coefficient (Wildman–Crippen LogP) is 5.11. The molecular formula is C14H21BrClN. The quantitative estimate of drug-likeness (QED) is 0.682. The normalized spacial score (nSPS) is 12.9. The fourth-order valence-electron chi connectivity index (χ4n) is 1.96. The van der Waals surface area contributed by atoms with E-state index in [1.165, 1.54) is 12.1 Å². The van der Waals surface area contributed by atoms with Gasteiger partial charge >= 0.3 is 0 Å². The molecule has 0 aromatic heterocycles. The van der Waals surface area contributed by atoms with E-state index in [0.717, 1.165) is 15.9 Å². The maximum atomic E-state index is 6.23. The standard InChI is InChI=1S/C14H21BrClN/c1-10(2)7-11(3)17(4)13-6-5-12(9-15)14(16)8-13/h5-6,8,10-11H,7,9H2,1-4H3. The summed E-state index contributed by atoms with van der Waals surface area (Å²) >= 11 is 9.66. The van der Waals surface area contributed by atoms with Crippen molar-refractivity contribution in [3.05, 3.63) is 28.8 Å². The molecule has 0 radical (unpaired) electrons. The van der Waals surface area contributed by atoms with Crippen molar-refractivity contribution in [1.82, 2.24) is 0 Å². The number of hydrogen-bond acceptors (Lipinski definition) is 1. The number of alkyl halides is 1. The first-order valence-electron chi connectivity index (χ1n) is 6.03. The maximum Gasteiger partial charge on any atom is 0.0467 e. The molecule has 96 valence electrons. The Bertz CT molecular complexity index is 365. The van der Waals surface area contributed by atoms with Gasteiger partial charge in [-0.05, 0) is 37.0 Å². The van der Waals surface area contributed by atoms with Gasteiger partial charge in [-0.2, -0.15) is 0 Å². The lowest BCUT2D eigenvalue weighted by Crippen LogP contribution is -2.29. The van der Waals surface area contributed by atoms with Crippen LogP contribution in [0.15, 0.2) is 18.2 Å². The predicted molar refractivity (Wildman–Crippen MR) is 81.4 cm³/mol. The number of halogens is 2. The molecule has 1 atom stereocenters. The van der Waals surface area contributed by atoms with Crippen LogP contribution < -0.4 is 4.90 Å². The van der Waals surface area contributed by atoms with Gasteiger partial charge in [0.05, 0.1) is 0 Å². The van der Waals surface area contributed by atoms with Crippen molar-refractivity contribution in [2.24, 2.45) is 5.92 Å². The summed E-state index contributed by atoms with van der Waals surface area (Å²) in [5.74, 6) is 0.713. The van der Waals surface area contributed by atoms with Gasteiger partial charge in [-0.25, -0.2) is 0 Å². The van der Waals surface area contributed by atoms with Gasteiger partial charge in [0.2, 0.25) is 0 Å². The topological polar surface area (TPSA) is 3.24 Å². The van der Waals surface area contributed by atoms with Crippen LogP contribution in [0.3, 0.4) is 0 Å². The number of rotatable bonds is 5. The second-order valence-corrected chi connectivity index (χ2v) is 5.97. The lowest BCUT2D eigenvalue weighted by molar-refractivity contribution is 0.504. The summed E-state index contributed by atoms with van der Waals surface area (Å²) in [6, 6.07) is 6.81. The fraction of sp³-hybridized carbons (Fsp3) is 0.571. The summed E-state index contributed by atoms with van der Waals surface area (Å²) < 4.78 is 0. The SMILES string of the molecule is CC(C)CC(C)N(C)c1ccc(CBr)c(Cl)c1. The molecule has 0 heterocycles. The molecule has 1 rings (SSSR count). The summed E-state index contributed by atoms with van der Waals surface area (Å²) in [5, 5.41) is 1.64. The van der Waals surface area contributed by atoms with Crippen molar-refractivity contribution in [3.63, 3.8) is 0 Å². The van der Waals surface area contributed by atoms with Crippen LogP contribution >= 0.6 is 27.5 Å². The minimum Gasteiger partial charge on any atom is -0.372 e. The molecule has 0 aliphatic carbocycles. The molecule has 0 aliphatic heterocycles. The highest BCUT2D eigenvalue weighted by Crippen LogP contribution is 2.26. The molecule has 1 aromatic carbocycles. The summed E-state index contributed by atoms with van der Waals surface area (Å²) in [4.78, 5) is 2.30. The average Bonchev–Trinajstić information content (AvgIpc) is 2.27. The number of hydrogen-bond donors (Lipinski definition) is 0. The fourth-order valence-corrected chi connectivity index (χ4v) is 2.85. The van der Waals surface area contributed by atoms with E-state index in [0.29, 0.717) is 12.0 Å². The summed E-state index contributed by atoms with van der Waals surface area (Å²) in [7, 11) is 2.13. The molecule has 0 spiro atoms. The Morgan fingerprint density at radius 1 is 1.29 bits per heavy atom. The second kappa shape index (κ2) is 6.65. The van der Waals surface area contributed by atoms with E-state index in [2.05, 4.69) is 66.8 Å². The second-order valence-electron chi connectivity index (χ2n) is 5.00. The van der Waals surface area contributed by atoms with Crippen molar-refractivity contribution < 1.29 is 0 Å². The van der Waals surface area contributed by atoms with E-state index in [-0.39, 0.29) is 0 Å². The number of anilines is 1. The molecule has 1 nitrogen and oxygen atoms in total. The monoisotopic (exact) mass is 317 g/mol. The highest BCUT2D eigenvalue weighted by Gasteiger charge is 2.12. The number of benzene rings is 1. The first-order valence-corrected chi connectivity index (χ1v) is 7.52. The van der Waals surface area contributed by atoms with Crippen molar-refractivity contribution in [1.29, 1.82) is 0 Å². The molecular weight excluding hydrogens is 298 g/mol. The zero-order valence-electron chi connectivity index (χ0n) is 11.0. The Kier molecular flexibility index (Phi) is 5.81. The highest BCUT2D eigenvalue weighted by atomic mass is 79.9. The van der Waals surface area contributed by atoms with E-state index in [9.17, 15) is 0 Å². The summed E-state index contributed by atoms with van der Waals surface area (Å²) in [5.41, 5.74) is 2.33. The zero-order chi connectivity index (χ0) is 13.0. The molecule has 1 aromatic rings. The van der Waals surface area contributed by atoms with Gasteiger partial charge in [0.1, 0.15) is 0 Å². The Morgan fingerprint density at radius 3 is 2.41 bits per heavy atom. The van der Waals surface area contributed by atoms with Crippen LogP contribution in [0.25, 0.3) is 0 Å². The average molecular weight is 319 g/mol. The van der Waals surface area contributed by atoms with Gasteiger partial charge in [0.15, 0.2) is 0 Å². The first-order chi connectivity index (χ1) is 7.95. The third-order valence-corrected chi connectivity index (χ3v) is 4.02. The largest absolute Gasteiger partial charge is 0.372 e.